The fraction of sp³-hybridized carbons (Fsp3) is 0.786. The molecule has 3 rings (SSSR count). The molecule has 1 aromatic rings. The Morgan fingerprint density at radius 3 is 2.40 bits per heavy atom. The third-order valence-corrected chi connectivity index (χ3v) is 4.39. The molecule has 2 aliphatic heterocycles. The Bertz CT molecular complexity index is 504. The van der Waals surface area contributed by atoms with Crippen LogP contribution < -0.4 is 5.73 Å². The van der Waals surface area contributed by atoms with Crippen molar-refractivity contribution in [3.05, 3.63) is 11.6 Å². The normalized spacial score (nSPS) is 29.8. The van der Waals surface area contributed by atoms with Gasteiger partial charge in [-0.3, -0.25) is 9.89 Å². The number of aromatic amines is 1. The lowest BCUT2D eigenvalue weighted by Gasteiger charge is -2.37. The van der Waals surface area contributed by atoms with Crippen molar-refractivity contribution in [2.45, 2.75) is 70.0 Å². The van der Waals surface area contributed by atoms with Crippen LogP contribution in [-0.4, -0.2) is 44.1 Å². The molecule has 2 unspecified atom stereocenters. The van der Waals surface area contributed by atoms with E-state index in [-0.39, 0.29) is 29.4 Å². The highest BCUT2D eigenvalue weighted by Crippen LogP contribution is 2.35. The van der Waals surface area contributed by atoms with E-state index in [2.05, 4.69) is 15.2 Å². The van der Waals surface area contributed by atoms with E-state index in [0.717, 1.165) is 31.5 Å². The standard InChI is InChI=1S/C14H23N5O/c1-14(2,3)13-16-11(17-18-13)12(20)19-9-4-5-10(19)7-8(15)6-9/h8-10H,4-7,15H2,1-3H3,(H,16,17,18). The first kappa shape index (κ1) is 13.5. The van der Waals surface area contributed by atoms with Crippen LogP contribution in [0.1, 0.15) is 62.9 Å². The van der Waals surface area contributed by atoms with Gasteiger partial charge in [0.15, 0.2) is 0 Å². The number of hydrogen-bond donors (Lipinski definition) is 2. The summed E-state index contributed by atoms with van der Waals surface area (Å²) in [6.07, 6.45) is 3.92. The zero-order valence-electron chi connectivity index (χ0n) is 12.4. The minimum absolute atomic E-state index is 0.0452. The van der Waals surface area contributed by atoms with Crippen molar-refractivity contribution in [3.63, 3.8) is 0 Å². The molecular weight excluding hydrogens is 254 g/mol. The summed E-state index contributed by atoms with van der Waals surface area (Å²) in [6, 6.07) is 0.773. The van der Waals surface area contributed by atoms with Crippen molar-refractivity contribution in [3.8, 4) is 0 Å². The number of carbonyl (C=O) groups excluding carboxylic acids is 1. The van der Waals surface area contributed by atoms with Gasteiger partial charge >= 0.3 is 0 Å². The molecule has 2 atom stereocenters. The smallest absolute Gasteiger partial charge is 0.294 e. The maximum atomic E-state index is 12.6. The number of aromatic nitrogens is 3. The molecular formula is C14H23N5O. The summed E-state index contributed by atoms with van der Waals surface area (Å²) in [7, 11) is 0. The topological polar surface area (TPSA) is 87.9 Å². The second kappa shape index (κ2) is 4.55. The first-order chi connectivity index (χ1) is 9.36. The van der Waals surface area contributed by atoms with E-state index in [1.54, 1.807) is 0 Å². The minimum Gasteiger partial charge on any atom is -0.330 e. The van der Waals surface area contributed by atoms with Crippen LogP contribution in [0.3, 0.4) is 0 Å². The van der Waals surface area contributed by atoms with E-state index in [0.29, 0.717) is 5.82 Å². The summed E-state index contributed by atoms with van der Waals surface area (Å²) in [5, 5.41) is 7.01. The Hall–Kier alpha value is -1.43. The minimum atomic E-state index is -0.130. The van der Waals surface area contributed by atoms with Gasteiger partial charge in [-0.15, -0.1) is 5.10 Å². The fourth-order valence-electron chi connectivity index (χ4n) is 3.36. The largest absolute Gasteiger partial charge is 0.330 e. The number of nitrogens with one attached hydrogen (secondary N) is 1. The molecule has 20 heavy (non-hydrogen) atoms. The van der Waals surface area contributed by atoms with Crippen LogP contribution in [0.25, 0.3) is 0 Å². The van der Waals surface area contributed by atoms with Gasteiger partial charge in [0.25, 0.3) is 5.91 Å². The molecule has 2 aliphatic rings. The Morgan fingerprint density at radius 1 is 1.30 bits per heavy atom. The number of nitrogens with zero attached hydrogens (tertiary/aromatic N) is 3. The van der Waals surface area contributed by atoms with Crippen molar-refractivity contribution in [2.24, 2.45) is 5.73 Å². The molecule has 3 heterocycles. The average Bonchev–Trinajstić information content (AvgIpc) is 2.92. The molecule has 110 valence electrons. The molecule has 6 nitrogen and oxygen atoms in total. The second-order valence-corrected chi connectivity index (χ2v) is 7.09. The summed E-state index contributed by atoms with van der Waals surface area (Å²) >= 11 is 0. The van der Waals surface area contributed by atoms with Crippen LogP contribution in [0.4, 0.5) is 0 Å². The van der Waals surface area contributed by atoms with Crippen molar-refractivity contribution in [1.29, 1.82) is 0 Å². The number of piperidine rings is 1. The molecule has 0 radical (unpaired) electrons. The van der Waals surface area contributed by atoms with Crippen LogP contribution in [0.5, 0.6) is 0 Å². The number of fused-ring (bicyclic) bond motifs is 2. The van der Waals surface area contributed by atoms with Gasteiger partial charge in [-0.1, -0.05) is 20.8 Å². The fourth-order valence-corrected chi connectivity index (χ4v) is 3.36. The predicted molar refractivity (Wildman–Crippen MR) is 75.3 cm³/mol. The number of rotatable bonds is 1. The highest BCUT2D eigenvalue weighted by molar-refractivity contribution is 5.91. The van der Waals surface area contributed by atoms with E-state index in [1.165, 1.54) is 0 Å². The maximum Gasteiger partial charge on any atom is 0.294 e. The Morgan fingerprint density at radius 2 is 1.90 bits per heavy atom. The van der Waals surface area contributed by atoms with Gasteiger partial charge in [0.05, 0.1) is 0 Å². The Balaban J connectivity index is 1.81. The van der Waals surface area contributed by atoms with Crippen LogP contribution in [0, 0.1) is 0 Å². The Labute approximate surface area is 119 Å². The molecule has 3 N–H and O–H groups in total. The first-order valence-corrected chi connectivity index (χ1v) is 7.37. The first-order valence-electron chi connectivity index (χ1n) is 7.37. The third kappa shape index (κ3) is 2.22. The van der Waals surface area contributed by atoms with Gasteiger partial charge < -0.3 is 10.6 Å². The van der Waals surface area contributed by atoms with E-state index in [1.807, 2.05) is 25.7 Å². The predicted octanol–water partition coefficient (Wildman–Crippen LogP) is 1.20. The summed E-state index contributed by atoms with van der Waals surface area (Å²) in [6.45, 7) is 6.14. The van der Waals surface area contributed by atoms with Crippen LogP contribution in [-0.2, 0) is 5.41 Å². The monoisotopic (exact) mass is 277 g/mol. The molecule has 2 saturated heterocycles. The van der Waals surface area contributed by atoms with Gasteiger partial charge in [-0.05, 0) is 25.7 Å². The Kier molecular flexibility index (Phi) is 3.08. The van der Waals surface area contributed by atoms with E-state index < -0.39 is 0 Å². The number of carbonyl (C=O) groups is 1. The summed E-state index contributed by atoms with van der Waals surface area (Å²) in [5.41, 5.74) is 5.91. The lowest BCUT2D eigenvalue weighted by atomic mass is 9.96. The molecule has 1 amide bonds. The quantitative estimate of drug-likeness (QED) is 0.807. The maximum absolute atomic E-state index is 12.6. The summed E-state index contributed by atoms with van der Waals surface area (Å²) < 4.78 is 0. The van der Waals surface area contributed by atoms with E-state index in [9.17, 15) is 4.79 Å². The SMILES string of the molecule is CC(C)(C)c1nc(C(=O)N2C3CCC2CC(N)C3)n[nH]1. The molecule has 2 fully saturated rings. The average molecular weight is 277 g/mol. The molecule has 0 spiro atoms. The zero-order valence-corrected chi connectivity index (χ0v) is 12.4. The lowest BCUT2D eigenvalue weighted by molar-refractivity contribution is 0.0562. The number of nitrogens with two attached hydrogens (primary N) is 1. The van der Waals surface area contributed by atoms with Gasteiger partial charge in [0, 0.05) is 23.5 Å². The summed E-state index contributed by atoms with van der Waals surface area (Å²) in [5.74, 6) is 1.00. The number of H-pyrrole nitrogens is 1. The van der Waals surface area contributed by atoms with Gasteiger partial charge in [-0.2, -0.15) is 0 Å². The van der Waals surface area contributed by atoms with Crippen LogP contribution in [0.15, 0.2) is 0 Å². The van der Waals surface area contributed by atoms with Gasteiger partial charge in [-0.25, -0.2) is 4.98 Å². The summed E-state index contributed by atoms with van der Waals surface area (Å²) in [4.78, 5) is 19.0. The van der Waals surface area contributed by atoms with Gasteiger partial charge in [0.1, 0.15) is 5.82 Å². The lowest BCUT2D eigenvalue weighted by Crippen LogP contribution is -2.50. The highest BCUT2D eigenvalue weighted by Gasteiger charge is 2.43. The number of hydrogen-bond acceptors (Lipinski definition) is 4. The number of amides is 1. The molecule has 0 saturated carbocycles. The van der Waals surface area contributed by atoms with Crippen molar-refractivity contribution >= 4 is 5.91 Å². The van der Waals surface area contributed by atoms with Gasteiger partial charge in [0.2, 0.25) is 5.82 Å². The van der Waals surface area contributed by atoms with Crippen molar-refractivity contribution < 1.29 is 4.79 Å². The van der Waals surface area contributed by atoms with E-state index >= 15 is 0 Å². The molecule has 2 bridgehead atoms. The van der Waals surface area contributed by atoms with Crippen LogP contribution >= 0.6 is 0 Å². The molecule has 6 heteroatoms. The third-order valence-electron chi connectivity index (χ3n) is 4.39. The molecule has 0 aliphatic carbocycles. The second-order valence-electron chi connectivity index (χ2n) is 7.09. The van der Waals surface area contributed by atoms with E-state index in [4.69, 9.17) is 5.73 Å². The van der Waals surface area contributed by atoms with Crippen molar-refractivity contribution in [2.75, 3.05) is 0 Å². The highest BCUT2D eigenvalue weighted by atomic mass is 16.2. The van der Waals surface area contributed by atoms with Crippen molar-refractivity contribution in [1.82, 2.24) is 20.1 Å². The molecule has 0 aromatic carbocycles. The van der Waals surface area contributed by atoms with Crippen LogP contribution in [0.2, 0.25) is 0 Å². The zero-order chi connectivity index (χ0) is 14.5. The molecule has 1 aromatic heterocycles.